The van der Waals surface area contributed by atoms with Gasteiger partial charge in [-0.15, -0.1) is 0 Å². The van der Waals surface area contributed by atoms with Gasteiger partial charge in [0, 0.05) is 13.2 Å². The van der Waals surface area contributed by atoms with Crippen molar-refractivity contribution in [1.29, 1.82) is 0 Å². The molecule has 0 saturated heterocycles. The summed E-state index contributed by atoms with van der Waals surface area (Å²) in [5, 5.41) is 4.61. The Kier molecular flexibility index (Phi) is 6.17. The molecule has 0 aromatic rings. The standard InChI is InChI=1S/C6H15NO5S/c1-3-10-6(11-4-2)5-12-13(7,8)9/h6H,3-5H2,1-2H3,(H2,7,8,9). The Balaban J connectivity index is 3.81. The summed E-state index contributed by atoms with van der Waals surface area (Å²) in [6.07, 6.45) is -0.687. The lowest BCUT2D eigenvalue weighted by Crippen LogP contribution is -2.27. The summed E-state index contributed by atoms with van der Waals surface area (Å²) in [5.41, 5.74) is 0. The zero-order valence-electron chi connectivity index (χ0n) is 7.73. The second kappa shape index (κ2) is 6.28. The molecule has 0 aliphatic carbocycles. The molecule has 0 rings (SSSR count). The molecule has 0 aliphatic rings. The molecule has 0 bridgehead atoms. The summed E-state index contributed by atoms with van der Waals surface area (Å²) in [5.74, 6) is 0. The average molecular weight is 213 g/mol. The lowest BCUT2D eigenvalue weighted by atomic mass is 10.6. The van der Waals surface area contributed by atoms with Crippen molar-refractivity contribution in [3.05, 3.63) is 0 Å². The predicted octanol–water partition coefficient (Wildman–Crippen LogP) is -0.394. The molecule has 6 nitrogen and oxygen atoms in total. The molecular weight excluding hydrogens is 198 g/mol. The molecule has 80 valence electrons. The first-order valence-corrected chi connectivity index (χ1v) is 5.37. The Bertz CT molecular complexity index is 209. The number of ether oxygens (including phenoxy) is 2. The third-order valence-electron chi connectivity index (χ3n) is 1.07. The van der Waals surface area contributed by atoms with Gasteiger partial charge >= 0.3 is 10.3 Å². The van der Waals surface area contributed by atoms with E-state index in [9.17, 15) is 8.42 Å². The third-order valence-corrected chi connectivity index (χ3v) is 1.54. The van der Waals surface area contributed by atoms with Crippen LogP contribution in [0.15, 0.2) is 0 Å². The summed E-state index contributed by atoms with van der Waals surface area (Å²) in [6.45, 7) is 4.14. The molecule has 13 heavy (non-hydrogen) atoms. The number of hydrogen-bond acceptors (Lipinski definition) is 5. The SMILES string of the molecule is CCOC(COS(N)(=O)=O)OCC. The van der Waals surface area contributed by atoms with E-state index in [-0.39, 0.29) is 6.61 Å². The molecule has 0 fully saturated rings. The highest BCUT2D eigenvalue weighted by atomic mass is 32.2. The fourth-order valence-corrected chi connectivity index (χ4v) is 0.967. The van der Waals surface area contributed by atoms with Gasteiger partial charge in [-0.3, -0.25) is 4.18 Å². The van der Waals surface area contributed by atoms with Crippen LogP contribution in [0.3, 0.4) is 0 Å². The van der Waals surface area contributed by atoms with Gasteiger partial charge in [0.05, 0.1) is 0 Å². The lowest BCUT2D eigenvalue weighted by Gasteiger charge is -2.15. The smallest absolute Gasteiger partial charge is 0.333 e. The van der Waals surface area contributed by atoms with E-state index in [2.05, 4.69) is 9.32 Å². The van der Waals surface area contributed by atoms with Gasteiger partial charge in [0.15, 0.2) is 6.29 Å². The van der Waals surface area contributed by atoms with Gasteiger partial charge < -0.3 is 9.47 Å². The topological polar surface area (TPSA) is 87.9 Å². The van der Waals surface area contributed by atoms with Gasteiger partial charge in [-0.2, -0.15) is 8.42 Å². The molecule has 0 spiro atoms. The fourth-order valence-electron chi connectivity index (χ4n) is 0.667. The molecule has 0 aliphatic heterocycles. The van der Waals surface area contributed by atoms with Gasteiger partial charge in [-0.1, -0.05) is 0 Å². The highest BCUT2D eigenvalue weighted by Crippen LogP contribution is 1.97. The van der Waals surface area contributed by atoms with E-state index in [0.29, 0.717) is 13.2 Å². The maximum atomic E-state index is 10.4. The Labute approximate surface area is 78.2 Å². The molecule has 7 heteroatoms. The van der Waals surface area contributed by atoms with Crippen molar-refractivity contribution in [2.45, 2.75) is 20.1 Å². The van der Waals surface area contributed by atoms with Crippen molar-refractivity contribution in [2.75, 3.05) is 19.8 Å². The van der Waals surface area contributed by atoms with E-state index >= 15 is 0 Å². The molecule has 0 unspecified atom stereocenters. The number of hydrogen-bond donors (Lipinski definition) is 1. The van der Waals surface area contributed by atoms with Crippen LogP contribution in [0.2, 0.25) is 0 Å². The first-order chi connectivity index (χ1) is 5.99. The minimum absolute atomic E-state index is 0.222. The highest BCUT2D eigenvalue weighted by Gasteiger charge is 2.12. The molecule has 0 aromatic heterocycles. The van der Waals surface area contributed by atoms with Crippen molar-refractivity contribution in [2.24, 2.45) is 5.14 Å². The van der Waals surface area contributed by atoms with Gasteiger partial charge in [0.25, 0.3) is 0 Å². The number of rotatable bonds is 7. The Morgan fingerprint density at radius 2 is 1.69 bits per heavy atom. The van der Waals surface area contributed by atoms with Gasteiger partial charge in [-0.25, -0.2) is 5.14 Å². The van der Waals surface area contributed by atoms with Gasteiger partial charge in [0.1, 0.15) is 6.61 Å². The Morgan fingerprint density at radius 3 is 2.00 bits per heavy atom. The molecule has 0 saturated carbocycles. The summed E-state index contributed by atoms with van der Waals surface area (Å²) in [7, 11) is -3.92. The Hall–Kier alpha value is -0.210. The molecule has 0 radical (unpaired) electrons. The molecule has 0 heterocycles. The molecule has 0 amide bonds. The van der Waals surface area contributed by atoms with E-state index < -0.39 is 16.6 Å². The van der Waals surface area contributed by atoms with Crippen molar-refractivity contribution < 1.29 is 22.1 Å². The first-order valence-electron chi connectivity index (χ1n) is 3.90. The summed E-state index contributed by atoms with van der Waals surface area (Å²) < 4.78 is 35.1. The lowest BCUT2D eigenvalue weighted by molar-refractivity contribution is -0.151. The van der Waals surface area contributed by atoms with Crippen LogP contribution in [0.5, 0.6) is 0 Å². The van der Waals surface area contributed by atoms with E-state index in [1.54, 1.807) is 13.8 Å². The summed E-state index contributed by atoms with van der Waals surface area (Å²) in [6, 6.07) is 0. The Morgan fingerprint density at radius 1 is 1.23 bits per heavy atom. The van der Waals surface area contributed by atoms with Crippen LogP contribution in [0, 0.1) is 0 Å². The van der Waals surface area contributed by atoms with Crippen molar-refractivity contribution in [3.63, 3.8) is 0 Å². The van der Waals surface area contributed by atoms with Crippen LogP contribution in [0.1, 0.15) is 13.8 Å². The second-order valence-electron chi connectivity index (χ2n) is 2.12. The van der Waals surface area contributed by atoms with Crippen LogP contribution in [0.4, 0.5) is 0 Å². The van der Waals surface area contributed by atoms with Gasteiger partial charge in [0.2, 0.25) is 0 Å². The van der Waals surface area contributed by atoms with Gasteiger partial charge in [-0.05, 0) is 13.8 Å². The zero-order chi connectivity index (χ0) is 10.3. The summed E-state index contributed by atoms with van der Waals surface area (Å²) >= 11 is 0. The van der Waals surface area contributed by atoms with Crippen molar-refractivity contribution in [3.8, 4) is 0 Å². The van der Waals surface area contributed by atoms with Crippen LogP contribution in [-0.4, -0.2) is 34.5 Å². The zero-order valence-corrected chi connectivity index (χ0v) is 8.54. The van der Waals surface area contributed by atoms with Crippen LogP contribution >= 0.6 is 0 Å². The van der Waals surface area contributed by atoms with Crippen molar-refractivity contribution >= 4 is 10.3 Å². The predicted molar refractivity (Wildman–Crippen MR) is 46.1 cm³/mol. The summed E-state index contributed by atoms with van der Waals surface area (Å²) in [4.78, 5) is 0. The molecular formula is C6H15NO5S. The minimum atomic E-state index is -3.92. The second-order valence-corrected chi connectivity index (χ2v) is 3.34. The van der Waals surface area contributed by atoms with Crippen LogP contribution in [0.25, 0.3) is 0 Å². The average Bonchev–Trinajstić information content (AvgIpc) is 2.00. The third kappa shape index (κ3) is 8.13. The van der Waals surface area contributed by atoms with E-state index in [4.69, 9.17) is 9.47 Å². The first kappa shape index (κ1) is 12.8. The molecule has 2 N–H and O–H groups in total. The van der Waals surface area contributed by atoms with Crippen LogP contribution in [-0.2, 0) is 24.0 Å². The molecule has 0 aromatic carbocycles. The maximum absolute atomic E-state index is 10.4. The quantitative estimate of drug-likeness (QED) is 0.582. The highest BCUT2D eigenvalue weighted by molar-refractivity contribution is 7.84. The maximum Gasteiger partial charge on any atom is 0.333 e. The van der Waals surface area contributed by atoms with Crippen LogP contribution < -0.4 is 5.14 Å². The molecule has 0 atom stereocenters. The monoisotopic (exact) mass is 213 g/mol. The number of nitrogens with two attached hydrogens (primary N) is 1. The van der Waals surface area contributed by atoms with E-state index in [1.165, 1.54) is 0 Å². The minimum Gasteiger partial charge on any atom is -0.350 e. The van der Waals surface area contributed by atoms with Crippen molar-refractivity contribution in [1.82, 2.24) is 0 Å². The largest absolute Gasteiger partial charge is 0.350 e. The van der Waals surface area contributed by atoms with E-state index in [0.717, 1.165) is 0 Å². The normalized spacial score (nSPS) is 12.3. The fraction of sp³-hybridized carbons (Fsp3) is 1.00. The van der Waals surface area contributed by atoms with E-state index in [1.807, 2.05) is 0 Å².